The fraction of sp³-hybridized carbons (Fsp3) is 0.625. The maximum atomic E-state index is 5.82. The van der Waals surface area contributed by atoms with Crippen molar-refractivity contribution >= 4 is 0 Å². The van der Waals surface area contributed by atoms with Crippen molar-refractivity contribution in [3.05, 3.63) is 29.8 Å². The van der Waals surface area contributed by atoms with Crippen LogP contribution in [-0.4, -0.2) is 30.6 Å². The van der Waals surface area contributed by atoms with Crippen LogP contribution in [-0.2, 0) is 6.54 Å². The van der Waals surface area contributed by atoms with Gasteiger partial charge < -0.3 is 10.5 Å². The van der Waals surface area contributed by atoms with Gasteiger partial charge in [0.15, 0.2) is 0 Å². The van der Waals surface area contributed by atoms with E-state index in [4.69, 9.17) is 10.5 Å². The van der Waals surface area contributed by atoms with Gasteiger partial charge in [-0.25, -0.2) is 0 Å². The lowest BCUT2D eigenvalue weighted by molar-refractivity contribution is 0.113. The summed E-state index contributed by atoms with van der Waals surface area (Å²) in [5.74, 6) is 1.63. The highest BCUT2D eigenvalue weighted by Gasteiger charge is 2.24. The van der Waals surface area contributed by atoms with Crippen LogP contribution in [0.5, 0.6) is 5.75 Å². The monoisotopic (exact) mass is 262 g/mol. The zero-order valence-electron chi connectivity index (χ0n) is 12.1. The second kappa shape index (κ2) is 6.92. The van der Waals surface area contributed by atoms with Crippen LogP contribution in [0.1, 0.15) is 32.3 Å². The predicted molar refractivity (Wildman–Crippen MR) is 79.3 cm³/mol. The van der Waals surface area contributed by atoms with Gasteiger partial charge in [0.05, 0.1) is 6.61 Å². The van der Waals surface area contributed by atoms with E-state index in [0.717, 1.165) is 32.0 Å². The number of piperidine rings is 1. The number of ether oxygens (including phenoxy) is 1. The Bertz CT molecular complexity index is 394. The van der Waals surface area contributed by atoms with Gasteiger partial charge in [0.25, 0.3) is 0 Å². The molecule has 1 heterocycles. The molecule has 1 saturated heterocycles. The van der Waals surface area contributed by atoms with E-state index in [-0.39, 0.29) is 0 Å². The largest absolute Gasteiger partial charge is 0.494 e. The van der Waals surface area contributed by atoms with E-state index < -0.39 is 0 Å². The van der Waals surface area contributed by atoms with E-state index in [9.17, 15) is 0 Å². The molecule has 0 spiro atoms. The van der Waals surface area contributed by atoms with E-state index in [1.54, 1.807) is 0 Å². The van der Waals surface area contributed by atoms with E-state index in [0.29, 0.717) is 12.0 Å². The van der Waals surface area contributed by atoms with Crippen LogP contribution in [0, 0.1) is 5.92 Å². The van der Waals surface area contributed by atoms with Crippen LogP contribution >= 0.6 is 0 Å². The van der Waals surface area contributed by atoms with Gasteiger partial charge in [-0.15, -0.1) is 0 Å². The normalized spacial score (nSPS) is 24.4. The summed E-state index contributed by atoms with van der Waals surface area (Å²) in [6, 6.07) is 9.09. The molecule has 1 aliphatic rings. The minimum absolute atomic E-state index is 0.651. The second-order valence-electron chi connectivity index (χ2n) is 5.54. The molecule has 19 heavy (non-hydrogen) atoms. The maximum absolute atomic E-state index is 5.82. The molecule has 0 amide bonds. The molecule has 106 valence electrons. The van der Waals surface area contributed by atoms with Gasteiger partial charge in [0.1, 0.15) is 5.75 Å². The average Bonchev–Trinajstić information content (AvgIpc) is 2.42. The number of hydrogen-bond donors (Lipinski definition) is 1. The molecule has 1 aliphatic heterocycles. The third-order valence-corrected chi connectivity index (χ3v) is 4.04. The minimum atomic E-state index is 0.651. The second-order valence-corrected chi connectivity index (χ2v) is 5.54. The zero-order valence-corrected chi connectivity index (χ0v) is 12.1. The molecule has 2 atom stereocenters. The fourth-order valence-electron chi connectivity index (χ4n) is 2.81. The average molecular weight is 262 g/mol. The number of nitrogens with zero attached hydrogens (tertiary/aromatic N) is 1. The van der Waals surface area contributed by atoms with Crippen molar-refractivity contribution in [2.45, 2.75) is 39.3 Å². The smallest absolute Gasteiger partial charge is 0.119 e. The van der Waals surface area contributed by atoms with Crippen LogP contribution < -0.4 is 10.5 Å². The maximum Gasteiger partial charge on any atom is 0.119 e. The summed E-state index contributed by atoms with van der Waals surface area (Å²) >= 11 is 0. The molecule has 1 aromatic rings. The number of benzene rings is 1. The highest BCUT2D eigenvalue weighted by Crippen LogP contribution is 2.24. The van der Waals surface area contributed by atoms with Crippen molar-refractivity contribution < 1.29 is 4.74 Å². The highest BCUT2D eigenvalue weighted by atomic mass is 16.5. The molecule has 3 heteroatoms. The lowest BCUT2D eigenvalue weighted by Crippen LogP contribution is -2.43. The lowest BCUT2D eigenvalue weighted by Gasteiger charge is -2.37. The molecule has 0 saturated carbocycles. The summed E-state index contributed by atoms with van der Waals surface area (Å²) in [4.78, 5) is 2.55. The number of nitrogens with two attached hydrogens (primary N) is 1. The van der Waals surface area contributed by atoms with Crippen molar-refractivity contribution in [1.82, 2.24) is 4.90 Å². The molecule has 0 bridgehead atoms. The highest BCUT2D eigenvalue weighted by molar-refractivity contribution is 5.28. The first-order valence-corrected chi connectivity index (χ1v) is 7.38. The Morgan fingerprint density at radius 3 is 2.95 bits per heavy atom. The molecular weight excluding hydrogens is 236 g/mol. The van der Waals surface area contributed by atoms with Gasteiger partial charge >= 0.3 is 0 Å². The molecule has 1 aromatic carbocycles. The van der Waals surface area contributed by atoms with Gasteiger partial charge in [-0.1, -0.05) is 12.1 Å². The van der Waals surface area contributed by atoms with Crippen molar-refractivity contribution in [1.29, 1.82) is 0 Å². The van der Waals surface area contributed by atoms with Crippen LogP contribution in [0.25, 0.3) is 0 Å². The molecule has 0 aliphatic carbocycles. The summed E-state index contributed by atoms with van der Waals surface area (Å²) in [7, 11) is 0. The topological polar surface area (TPSA) is 38.5 Å². The quantitative estimate of drug-likeness (QED) is 0.886. The first-order valence-electron chi connectivity index (χ1n) is 7.38. The fourth-order valence-corrected chi connectivity index (χ4v) is 2.81. The van der Waals surface area contributed by atoms with Crippen molar-refractivity contribution in [2.24, 2.45) is 11.7 Å². The van der Waals surface area contributed by atoms with E-state index >= 15 is 0 Å². The summed E-state index contributed by atoms with van der Waals surface area (Å²) in [6.07, 6.45) is 2.53. The molecule has 3 nitrogen and oxygen atoms in total. The van der Waals surface area contributed by atoms with Gasteiger partial charge in [-0.05, 0) is 56.8 Å². The van der Waals surface area contributed by atoms with Crippen LogP contribution in [0.3, 0.4) is 0 Å². The van der Waals surface area contributed by atoms with Crippen molar-refractivity contribution in [3.63, 3.8) is 0 Å². The third-order valence-electron chi connectivity index (χ3n) is 4.04. The molecular formula is C16H26N2O. The summed E-state index contributed by atoms with van der Waals surface area (Å²) < 4.78 is 5.57. The van der Waals surface area contributed by atoms with Crippen LogP contribution in [0.2, 0.25) is 0 Å². The van der Waals surface area contributed by atoms with Gasteiger partial charge in [0.2, 0.25) is 0 Å². The van der Waals surface area contributed by atoms with Crippen LogP contribution in [0.4, 0.5) is 0 Å². The van der Waals surface area contributed by atoms with Gasteiger partial charge in [0, 0.05) is 19.1 Å². The minimum Gasteiger partial charge on any atom is -0.494 e. The van der Waals surface area contributed by atoms with Crippen LogP contribution in [0.15, 0.2) is 24.3 Å². The van der Waals surface area contributed by atoms with Crippen molar-refractivity contribution in [2.75, 3.05) is 19.7 Å². The molecule has 2 rings (SSSR count). The number of hydrogen-bond acceptors (Lipinski definition) is 3. The molecule has 0 radical (unpaired) electrons. The van der Waals surface area contributed by atoms with Crippen molar-refractivity contribution in [3.8, 4) is 5.75 Å². The Morgan fingerprint density at radius 2 is 2.21 bits per heavy atom. The van der Waals surface area contributed by atoms with Gasteiger partial charge in [-0.2, -0.15) is 0 Å². The Labute approximate surface area is 116 Å². The van der Waals surface area contributed by atoms with Gasteiger partial charge in [-0.3, -0.25) is 4.90 Å². The molecule has 1 fully saturated rings. The summed E-state index contributed by atoms with van der Waals surface area (Å²) in [5.41, 5.74) is 7.15. The molecule has 2 N–H and O–H groups in total. The lowest BCUT2D eigenvalue weighted by atomic mass is 9.93. The SMILES string of the molecule is CCOc1cccc(CN2CC(CN)CCC2C)c1. The summed E-state index contributed by atoms with van der Waals surface area (Å²) in [6.45, 7) is 7.99. The number of rotatable bonds is 5. The standard InChI is InChI=1S/C16H26N2O/c1-3-19-16-6-4-5-14(9-16)11-18-12-15(10-17)8-7-13(18)2/h4-6,9,13,15H,3,7-8,10-12,17H2,1-2H3. The zero-order chi connectivity index (χ0) is 13.7. The Balaban J connectivity index is 2.00. The molecule has 0 aromatic heterocycles. The first kappa shape index (κ1) is 14.4. The Kier molecular flexibility index (Phi) is 5.23. The Hall–Kier alpha value is -1.06. The van der Waals surface area contributed by atoms with E-state index in [1.165, 1.54) is 18.4 Å². The van der Waals surface area contributed by atoms with E-state index in [2.05, 4.69) is 30.0 Å². The predicted octanol–water partition coefficient (Wildman–Crippen LogP) is 2.64. The summed E-state index contributed by atoms with van der Waals surface area (Å²) in [5, 5.41) is 0. The molecule has 2 unspecified atom stereocenters. The third kappa shape index (κ3) is 3.95. The Morgan fingerprint density at radius 1 is 1.37 bits per heavy atom. The van der Waals surface area contributed by atoms with E-state index in [1.807, 2.05) is 13.0 Å². The number of likely N-dealkylation sites (tertiary alicyclic amines) is 1. The first-order chi connectivity index (χ1) is 9.22.